The van der Waals surface area contributed by atoms with Crippen molar-refractivity contribution in [1.82, 2.24) is 0 Å². The van der Waals surface area contributed by atoms with E-state index in [0.29, 0.717) is 0 Å². The molecule has 1 aromatic rings. The van der Waals surface area contributed by atoms with Gasteiger partial charge in [-0.15, -0.1) is 0 Å². The first kappa shape index (κ1) is 9.20. The van der Waals surface area contributed by atoms with E-state index in [9.17, 15) is 0 Å². The van der Waals surface area contributed by atoms with Gasteiger partial charge in [0.1, 0.15) is 0 Å². The van der Waals surface area contributed by atoms with E-state index in [4.69, 9.17) is 0 Å². The van der Waals surface area contributed by atoms with Gasteiger partial charge in [-0.05, 0) is 26.3 Å². The molecule has 1 aromatic carbocycles. The summed E-state index contributed by atoms with van der Waals surface area (Å²) in [6.07, 6.45) is 6.01. The normalized spacial score (nSPS) is 24.5. The van der Waals surface area contributed by atoms with Gasteiger partial charge in [0.15, 0.2) is 0 Å². The number of benzene rings is 1. The SMILES string of the molecule is Cc1cc(C)cc(C2(C)C=CN=C2)c1. The predicted molar refractivity (Wildman–Crippen MR) is 60.9 cm³/mol. The molecule has 1 atom stereocenters. The first-order chi connectivity index (χ1) is 6.60. The highest BCUT2D eigenvalue weighted by molar-refractivity contribution is 5.79. The molecule has 0 aliphatic carbocycles. The van der Waals surface area contributed by atoms with E-state index < -0.39 is 0 Å². The molecule has 1 aliphatic rings. The number of nitrogens with zero attached hydrogens (tertiary/aromatic N) is 1. The third-order valence-electron chi connectivity index (χ3n) is 2.69. The highest BCUT2D eigenvalue weighted by Gasteiger charge is 2.23. The molecule has 1 heteroatoms. The number of aliphatic imine (C=N–C) groups is 1. The van der Waals surface area contributed by atoms with Crippen molar-refractivity contribution in [2.24, 2.45) is 4.99 Å². The molecule has 0 saturated carbocycles. The van der Waals surface area contributed by atoms with Crippen LogP contribution in [0.1, 0.15) is 23.6 Å². The van der Waals surface area contributed by atoms with Crippen LogP contribution in [0.3, 0.4) is 0 Å². The molecule has 0 spiro atoms. The molecule has 2 rings (SSSR count). The van der Waals surface area contributed by atoms with Gasteiger partial charge in [-0.25, -0.2) is 0 Å². The molecule has 1 unspecified atom stereocenters. The second kappa shape index (κ2) is 3.09. The van der Waals surface area contributed by atoms with Crippen molar-refractivity contribution < 1.29 is 0 Å². The lowest BCUT2D eigenvalue weighted by molar-refractivity contribution is 0.839. The van der Waals surface area contributed by atoms with Crippen LogP contribution in [0.25, 0.3) is 0 Å². The average Bonchev–Trinajstić information content (AvgIpc) is 2.52. The van der Waals surface area contributed by atoms with Gasteiger partial charge in [0.05, 0.1) is 0 Å². The van der Waals surface area contributed by atoms with Crippen LogP contribution in [0.5, 0.6) is 0 Å². The Kier molecular flexibility index (Phi) is 2.03. The van der Waals surface area contributed by atoms with Crippen molar-refractivity contribution in [3.8, 4) is 0 Å². The summed E-state index contributed by atoms with van der Waals surface area (Å²) in [5, 5.41) is 0. The summed E-state index contributed by atoms with van der Waals surface area (Å²) in [4.78, 5) is 4.17. The maximum Gasteiger partial charge on any atom is 0.0474 e. The number of hydrogen-bond acceptors (Lipinski definition) is 1. The second-order valence-corrected chi connectivity index (χ2v) is 4.25. The van der Waals surface area contributed by atoms with Gasteiger partial charge in [-0.2, -0.15) is 0 Å². The van der Waals surface area contributed by atoms with Crippen LogP contribution >= 0.6 is 0 Å². The quantitative estimate of drug-likeness (QED) is 0.637. The number of allylic oxidation sites excluding steroid dienone is 1. The van der Waals surface area contributed by atoms with E-state index in [2.05, 4.69) is 50.0 Å². The Hall–Kier alpha value is -1.37. The van der Waals surface area contributed by atoms with Crippen molar-refractivity contribution in [2.45, 2.75) is 26.2 Å². The molecule has 0 aromatic heterocycles. The van der Waals surface area contributed by atoms with Crippen molar-refractivity contribution in [3.05, 3.63) is 47.2 Å². The lowest BCUT2D eigenvalue weighted by Crippen LogP contribution is -2.18. The summed E-state index contributed by atoms with van der Waals surface area (Å²) in [7, 11) is 0. The van der Waals surface area contributed by atoms with E-state index >= 15 is 0 Å². The largest absolute Gasteiger partial charge is 0.268 e. The Morgan fingerprint density at radius 1 is 1.07 bits per heavy atom. The van der Waals surface area contributed by atoms with E-state index in [1.165, 1.54) is 16.7 Å². The fourth-order valence-corrected chi connectivity index (χ4v) is 1.90. The third-order valence-corrected chi connectivity index (χ3v) is 2.69. The fraction of sp³-hybridized carbons (Fsp3) is 0.308. The summed E-state index contributed by atoms with van der Waals surface area (Å²) >= 11 is 0. The zero-order valence-electron chi connectivity index (χ0n) is 8.91. The topological polar surface area (TPSA) is 12.4 Å². The number of aryl methyl sites for hydroxylation is 2. The van der Waals surface area contributed by atoms with Crippen LogP contribution < -0.4 is 0 Å². The standard InChI is InChI=1S/C13H15N/c1-10-6-11(2)8-12(7-10)13(3)4-5-14-9-13/h4-9H,1-3H3. The molecule has 0 amide bonds. The maximum atomic E-state index is 4.17. The van der Waals surface area contributed by atoms with Crippen LogP contribution in [0, 0.1) is 13.8 Å². The molecule has 0 N–H and O–H groups in total. The van der Waals surface area contributed by atoms with E-state index in [-0.39, 0.29) is 5.41 Å². The molecule has 72 valence electrons. The Labute approximate surface area is 85.2 Å². The number of rotatable bonds is 1. The molecule has 0 saturated heterocycles. The zero-order chi connectivity index (χ0) is 10.2. The van der Waals surface area contributed by atoms with Crippen molar-refractivity contribution in [3.63, 3.8) is 0 Å². The van der Waals surface area contributed by atoms with E-state index in [0.717, 1.165) is 0 Å². The van der Waals surface area contributed by atoms with E-state index in [1.807, 2.05) is 12.4 Å². The molecule has 14 heavy (non-hydrogen) atoms. The van der Waals surface area contributed by atoms with Gasteiger partial charge < -0.3 is 0 Å². The second-order valence-electron chi connectivity index (χ2n) is 4.25. The molecular weight excluding hydrogens is 170 g/mol. The summed E-state index contributed by atoms with van der Waals surface area (Å²) in [5.41, 5.74) is 3.95. The van der Waals surface area contributed by atoms with Crippen LogP contribution in [0.4, 0.5) is 0 Å². The Morgan fingerprint density at radius 3 is 2.21 bits per heavy atom. The predicted octanol–water partition coefficient (Wildman–Crippen LogP) is 3.16. The monoisotopic (exact) mass is 185 g/mol. The highest BCUT2D eigenvalue weighted by atomic mass is 14.7. The fourth-order valence-electron chi connectivity index (χ4n) is 1.90. The first-order valence-corrected chi connectivity index (χ1v) is 4.91. The average molecular weight is 185 g/mol. The minimum absolute atomic E-state index is 0.00319. The summed E-state index contributed by atoms with van der Waals surface area (Å²) in [6.45, 7) is 6.46. The van der Waals surface area contributed by atoms with Crippen LogP contribution in [-0.2, 0) is 5.41 Å². The van der Waals surface area contributed by atoms with Crippen molar-refractivity contribution in [2.75, 3.05) is 0 Å². The van der Waals surface area contributed by atoms with Crippen LogP contribution in [0.15, 0.2) is 35.5 Å². The Morgan fingerprint density at radius 2 is 1.71 bits per heavy atom. The maximum absolute atomic E-state index is 4.17. The molecular formula is C13H15N. The minimum atomic E-state index is -0.00319. The molecule has 1 nitrogen and oxygen atoms in total. The molecule has 1 heterocycles. The van der Waals surface area contributed by atoms with Gasteiger partial charge in [-0.1, -0.05) is 35.4 Å². The smallest absolute Gasteiger partial charge is 0.0474 e. The lowest BCUT2D eigenvalue weighted by atomic mass is 9.83. The van der Waals surface area contributed by atoms with Gasteiger partial charge in [0.25, 0.3) is 0 Å². The minimum Gasteiger partial charge on any atom is -0.268 e. The highest BCUT2D eigenvalue weighted by Crippen LogP contribution is 2.28. The molecule has 0 bridgehead atoms. The number of hydrogen-bond donors (Lipinski definition) is 0. The van der Waals surface area contributed by atoms with Crippen molar-refractivity contribution >= 4 is 6.21 Å². The zero-order valence-corrected chi connectivity index (χ0v) is 8.91. The van der Waals surface area contributed by atoms with E-state index in [1.54, 1.807) is 0 Å². The summed E-state index contributed by atoms with van der Waals surface area (Å²) < 4.78 is 0. The van der Waals surface area contributed by atoms with Gasteiger partial charge in [-0.3, -0.25) is 4.99 Å². The van der Waals surface area contributed by atoms with Crippen LogP contribution in [-0.4, -0.2) is 6.21 Å². The van der Waals surface area contributed by atoms with Gasteiger partial charge in [0.2, 0.25) is 0 Å². The summed E-state index contributed by atoms with van der Waals surface area (Å²) in [5.74, 6) is 0. The van der Waals surface area contributed by atoms with Gasteiger partial charge in [0, 0.05) is 17.8 Å². The molecule has 0 radical (unpaired) electrons. The Bertz CT molecular complexity index is 381. The lowest BCUT2D eigenvalue weighted by Gasteiger charge is -2.19. The molecule has 0 fully saturated rings. The first-order valence-electron chi connectivity index (χ1n) is 4.91. The third kappa shape index (κ3) is 1.50. The van der Waals surface area contributed by atoms with Gasteiger partial charge >= 0.3 is 0 Å². The molecule has 1 aliphatic heterocycles. The van der Waals surface area contributed by atoms with Crippen molar-refractivity contribution in [1.29, 1.82) is 0 Å². The summed E-state index contributed by atoms with van der Waals surface area (Å²) in [6, 6.07) is 6.66. The van der Waals surface area contributed by atoms with Crippen LogP contribution in [0.2, 0.25) is 0 Å². The Balaban J connectivity index is 2.51.